The van der Waals surface area contributed by atoms with Crippen molar-refractivity contribution in [1.82, 2.24) is 0 Å². The van der Waals surface area contributed by atoms with Crippen molar-refractivity contribution in [3.8, 4) is 0 Å². The smallest absolute Gasteiger partial charge is 0.313 e. The molecule has 8 heavy (non-hydrogen) atoms. The van der Waals surface area contributed by atoms with Gasteiger partial charge in [-0.3, -0.25) is 4.79 Å². The molecule has 0 aliphatic rings. The zero-order valence-electron chi connectivity index (χ0n) is 4.59. The van der Waals surface area contributed by atoms with Gasteiger partial charge in [0.1, 0.15) is 0 Å². The highest BCUT2D eigenvalue weighted by molar-refractivity contribution is 8.15. The summed E-state index contributed by atoms with van der Waals surface area (Å²) < 4.78 is 0. The van der Waals surface area contributed by atoms with Gasteiger partial charge in [-0.05, 0) is 6.26 Å². The van der Waals surface area contributed by atoms with Gasteiger partial charge in [0, 0.05) is 5.08 Å². The number of carbonyl (C=O) groups is 1. The van der Waals surface area contributed by atoms with Gasteiger partial charge in [0.2, 0.25) is 0 Å². The Morgan fingerprint density at radius 2 is 2.38 bits per heavy atom. The molecule has 4 heteroatoms. The van der Waals surface area contributed by atoms with E-state index < -0.39 is 5.97 Å². The normalized spacial score (nSPS) is 9.12. The second-order valence-electron chi connectivity index (χ2n) is 1.15. The van der Waals surface area contributed by atoms with Gasteiger partial charge in [-0.15, -0.1) is 11.8 Å². The highest BCUT2D eigenvalue weighted by Gasteiger charge is 1.93. The number of thioether (sulfide) groups is 2. The van der Waals surface area contributed by atoms with E-state index in [0.717, 1.165) is 5.08 Å². The van der Waals surface area contributed by atoms with E-state index >= 15 is 0 Å². The lowest BCUT2D eigenvalue weighted by molar-refractivity contribution is -0.133. The SMILES string of the molecule is CSCSCC(=O)O. The van der Waals surface area contributed by atoms with Crippen molar-refractivity contribution in [2.75, 3.05) is 17.1 Å². The zero-order chi connectivity index (χ0) is 6.41. The van der Waals surface area contributed by atoms with Crippen LogP contribution in [0.4, 0.5) is 0 Å². The topological polar surface area (TPSA) is 37.3 Å². The number of carboxylic acid groups (broad SMARTS) is 1. The lowest BCUT2D eigenvalue weighted by Gasteiger charge is -1.90. The summed E-state index contributed by atoms with van der Waals surface area (Å²) in [6, 6.07) is 0. The predicted molar refractivity (Wildman–Crippen MR) is 38.5 cm³/mol. The van der Waals surface area contributed by atoms with E-state index in [0.29, 0.717) is 0 Å². The highest BCUT2D eigenvalue weighted by atomic mass is 32.2. The lowest BCUT2D eigenvalue weighted by Crippen LogP contribution is -1.97. The van der Waals surface area contributed by atoms with Gasteiger partial charge in [-0.25, -0.2) is 0 Å². The van der Waals surface area contributed by atoms with Crippen molar-refractivity contribution < 1.29 is 9.90 Å². The summed E-state index contributed by atoms with van der Waals surface area (Å²) in [6.07, 6.45) is 1.95. The molecular weight excluding hydrogens is 144 g/mol. The largest absolute Gasteiger partial charge is 0.481 e. The Morgan fingerprint density at radius 1 is 1.75 bits per heavy atom. The summed E-state index contributed by atoms with van der Waals surface area (Å²) in [7, 11) is 0. The standard InChI is InChI=1S/C4H8O2S2/c1-7-3-8-2-4(5)6/h2-3H2,1H3,(H,5,6). The summed E-state index contributed by atoms with van der Waals surface area (Å²) in [5.41, 5.74) is 0. The Labute approximate surface area is 57.0 Å². The quantitative estimate of drug-likeness (QED) is 0.484. The third kappa shape index (κ3) is 6.17. The van der Waals surface area contributed by atoms with E-state index in [2.05, 4.69) is 0 Å². The van der Waals surface area contributed by atoms with E-state index in [1.165, 1.54) is 11.8 Å². The number of hydrogen-bond donors (Lipinski definition) is 1. The fourth-order valence-corrected chi connectivity index (χ4v) is 1.39. The van der Waals surface area contributed by atoms with Crippen LogP contribution >= 0.6 is 23.5 Å². The molecule has 0 atom stereocenters. The molecule has 0 saturated carbocycles. The van der Waals surface area contributed by atoms with Crippen LogP contribution in [0.25, 0.3) is 0 Å². The van der Waals surface area contributed by atoms with E-state index in [1.807, 2.05) is 6.26 Å². The highest BCUT2D eigenvalue weighted by Crippen LogP contribution is 2.06. The van der Waals surface area contributed by atoms with Gasteiger partial charge in [-0.2, -0.15) is 11.8 Å². The number of aliphatic carboxylic acids is 1. The second kappa shape index (κ2) is 5.31. The molecule has 0 radical (unpaired) electrons. The van der Waals surface area contributed by atoms with Crippen LogP contribution < -0.4 is 0 Å². The van der Waals surface area contributed by atoms with Crippen molar-refractivity contribution in [2.45, 2.75) is 0 Å². The first-order chi connectivity index (χ1) is 3.77. The van der Waals surface area contributed by atoms with Crippen LogP contribution in [-0.4, -0.2) is 28.2 Å². The summed E-state index contributed by atoms with van der Waals surface area (Å²) in [4.78, 5) is 9.84. The number of hydrogen-bond acceptors (Lipinski definition) is 3. The lowest BCUT2D eigenvalue weighted by atomic mass is 10.8. The molecule has 0 heterocycles. The summed E-state index contributed by atoms with van der Waals surface area (Å²) >= 11 is 3.07. The molecule has 0 fully saturated rings. The molecular formula is C4H8O2S2. The molecule has 1 N–H and O–H groups in total. The van der Waals surface area contributed by atoms with Gasteiger partial charge in [0.15, 0.2) is 0 Å². The van der Waals surface area contributed by atoms with E-state index in [1.54, 1.807) is 11.8 Å². The Kier molecular flexibility index (Phi) is 5.42. The van der Waals surface area contributed by atoms with Gasteiger partial charge < -0.3 is 5.11 Å². The van der Waals surface area contributed by atoms with Crippen LogP contribution in [-0.2, 0) is 4.79 Å². The van der Waals surface area contributed by atoms with Crippen LogP contribution in [0.3, 0.4) is 0 Å². The molecule has 0 spiro atoms. The third-order valence-electron chi connectivity index (χ3n) is 0.427. The number of carboxylic acids is 1. The fourth-order valence-electron chi connectivity index (χ4n) is 0.212. The molecule has 0 aromatic rings. The van der Waals surface area contributed by atoms with Crippen LogP contribution in [0.15, 0.2) is 0 Å². The molecule has 0 bridgehead atoms. The summed E-state index contributed by atoms with van der Waals surface area (Å²) in [6.45, 7) is 0. The van der Waals surface area contributed by atoms with Crippen LogP contribution in [0.5, 0.6) is 0 Å². The third-order valence-corrected chi connectivity index (χ3v) is 2.49. The average molecular weight is 152 g/mol. The van der Waals surface area contributed by atoms with Crippen LogP contribution in [0, 0.1) is 0 Å². The first-order valence-electron chi connectivity index (χ1n) is 2.06. The first-order valence-corrected chi connectivity index (χ1v) is 4.60. The van der Waals surface area contributed by atoms with Crippen LogP contribution in [0.1, 0.15) is 0 Å². The predicted octanol–water partition coefficient (Wildman–Crippen LogP) is 1.12. The van der Waals surface area contributed by atoms with Gasteiger partial charge in [-0.1, -0.05) is 0 Å². The zero-order valence-corrected chi connectivity index (χ0v) is 6.22. The molecule has 2 nitrogen and oxygen atoms in total. The monoisotopic (exact) mass is 152 g/mol. The Hall–Kier alpha value is 0.170. The minimum atomic E-state index is -0.732. The summed E-state index contributed by atoms with van der Waals surface area (Å²) in [5.74, 6) is -0.509. The Bertz CT molecular complexity index is 74.4. The van der Waals surface area contributed by atoms with Crippen molar-refractivity contribution >= 4 is 29.5 Å². The molecule has 0 aliphatic heterocycles. The minimum absolute atomic E-state index is 0.223. The molecule has 0 aliphatic carbocycles. The fraction of sp³-hybridized carbons (Fsp3) is 0.750. The molecule has 0 aromatic carbocycles. The van der Waals surface area contributed by atoms with Crippen molar-refractivity contribution in [2.24, 2.45) is 0 Å². The maximum Gasteiger partial charge on any atom is 0.313 e. The van der Waals surface area contributed by atoms with E-state index in [4.69, 9.17) is 5.11 Å². The second-order valence-corrected chi connectivity index (χ2v) is 3.37. The molecule has 0 aromatic heterocycles. The maximum atomic E-state index is 9.84. The van der Waals surface area contributed by atoms with Crippen molar-refractivity contribution in [1.29, 1.82) is 0 Å². The number of rotatable bonds is 4. The Balaban J connectivity index is 2.82. The van der Waals surface area contributed by atoms with E-state index in [9.17, 15) is 4.79 Å². The molecule has 0 unspecified atom stereocenters. The van der Waals surface area contributed by atoms with Crippen molar-refractivity contribution in [3.05, 3.63) is 0 Å². The molecule has 48 valence electrons. The Morgan fingerprint density at radius 3 is 2.75 bits per heavy atom. The average Bonchev–Trinajstić information content (AvgIpc) is 1.66. The first kappa shape index (κ1) is 8.17. The molecule has 0 amide bonds. The molecule has 0 rings (SSSR count). The van der Waals surface area contributed by atoms with Crippen LogP contribution in [0.2, 0.25) is 0 Å². The summed E-state index contributed by atoms with van der Waals surface area (Å²) in [5, 5.41) is 8.98. The van der Waals surface area contributed by atoms with E-state index in [-0.39, 0.29) is 5.75 Å². The van der Waals surface area contributed by atoms with Gasteiger partial charge in [0.25, 0.3) is 0 Å². The van der Waals surface area contributed by atoms with Gasteiger partial charge >= 0.3 is 5.97 Å². The maximum absolute atomic E-state index is 9.84. The van der Waals surface area contributed by atoms with Gasteiger partial charge in [0.05, 0.1) is 5.75 Å². The minimum Gasteiger partial charge on any atom is -0.481 e. The molecule has 0 saturated heterocycles. The van der Waals surface area contributed by atoms with Crippen molar-refractivity contribution in [3.63, 3.8) is 0 Å².